The molecule has 1 saturated heterocycles. The van der Waals surface area contributed by atoms with Crippen molar-refractivity contribution in [2.75, 3.05) is 18.4 Å². The quantitative estimate of drug-likeness (QED) is 0.618. The average Bonchev–Trinajstić information content (AvgIpc) is 3.24. The van der Waals surface area contributed by atoms with E-state index in [-0.39, 0.29) is 23.1 Å². The fourth-order valence-corrected chi connectivity index (χ4v) is 4.65. The maximum atomic E-state index is 12.8. The Morgan fingerprint density at radius 3 is 2.67 bits per heavy atom. The van der Waals surface area contributed by atoms with E-state index in [1.165, 1.54) is 6.20 Å². The second-order valence-electron chi connectivity index (χ2n) is 8.56. The summed E-state index contributed by atoms with van der Waals surface area (Å²) in [5.41, 5.74) is 1.36. The lowest BCUT2D eigenvalue weighted by molar-refractivity contribution is -0.274. The van der Waals surface area contributed by atoms with Gasteiger partial charge in [0.1, 0.15) is 17.0 Å². The second-order valence-corrected chi connectivity index (χ2v) is 8.56. The van der Waals surface area contributed by atoms with E-state index in [1.54, 1.807) is 21.8 Å². The van der Waals surface area contributed by atoms with Gasteiger partial charge in [-0.3, -0.25) is 9.78 Å². The Labute approximate surface area is 185 Å². The largest absolute Gasteiger partial charge is 0.573 e. The van der Waals surface area contributed by atoms with Gasteiger partial charge >= 0.3 is 12.4 Å². The van der Waals surface area contributed by atoms with Crippen molar-refractivity contribution in [2.45, 2.75) is 25.2 Å². The summed E-state index contributed by atoms with van der Waals surface area (Å²) < 4.78 is 44.3. The van der Waals surface area contributed by atoms with Crippen LogP contribution in [0.15, 0.2) is 37.1 Å². The first-order chi connectivity index (χ1) is 15.6. The van der Waals surface area contributed by atoms with Gasteiger partial charge in [0.25, 0.3) is 5.91 Å². The molecule has 2 fully saturated rings. The molecule has 0 bridgehead atoms. The molecular formula is C20H20F3N7O3. The maximum Gasteiger partial charge on any atom is 0.573 e. The Balaban J connectivity index is 1.10. The van der Waals surface area contributed by atoms with Gasteiger partial charge in [0.2, 0.25) is 0 Å². The number of nitrogens with zero attached hydrogens (tertiary/aromatic N) is 5. The Bertz CT molecular complexity index is 1220. The summed E-state index contributed by atoms with van der Waals surface area (Å²) in [4.78, 5) is 30.5. The number of rotatable bonds is 4. The fraction of sp³-hybridized carbons (Fsp3) is 0.400. The molecule has 5 rings (SSSR count). The van der Waals surface area contributed by atoms with Gasteiger partial charge in [-0.15, -0.1) is 13.2 Å². The van der Waals surface area contributed by atoms with Crippen LogP contribution in [0.5, 0.6) is 5.75 Å². The number of hydrogen-bond donors (Lipinski definition) is 2. The van der Waals surface area contributed by atoms with Gasteiger partial charge < -0.3 is 24.8 Å². The third-order valence-corrected chi connectivity index (χ3v) is 6.00. The van der Waals surface area contributed by atoms with Crippen LogP contribution >= 0.6 is 0 Å². The molecule has 0 unspecified atom stereocenters. The Morgan fingerprint density at radius 1 is 1.18 bits per heavy atom. The zero-order valence-electron chi connectivity index (χ0n) is 17.5. The molecule has 10 nitrogen and oxygen atoms in total. The van der Waals surface area contributed by atoms with Gasteiger partial charge in [-0.25, -0.2) is 9.31 Å². The zero-order chi connectivity index (χ0) is 23.4. The van der Waals surface area contributed by atoms with E-state index in [4.69, 9.17) is 0 Å². The Hall–Kier alpha value is -3.77. The normalized spacial score (nSPS) is 17.5. The highest BCUT2D eigenvalue weighted by Gasteiger charge is 2.54. The summed E-state index contributed by atoms with van der Waals surface area (Å²) in [6, 6.07) is 0.414. The second kappa shape index (κ2) is 7.39. The molecule has 33 heavy (non-hydrogen) atoms. The first kappa shape index (κ1) is 21.1. The maximum absolute atomic E-state index is 12.8. The molecule has 0 aromatic carbocycles. The van der Waals surface area contributed by atoms with Crippen LogP contribution in [-0.2, 0) is 7.05 Å². The van der Waals surface area contributed by atoms with E-state index in [9.17, 15) is 22.8 Å². The smallest absolute Gasteiger partial charge is 0.404 e. The van der Waals surface area contributed by atoms with Crippen molar-refractivity contribution in [1.82, 2.24) is 29.4 Å². The van der Waals surface area contributed by atoms with Gasteiger partial charge in [0.15, 0.2) is 0 Å². The number of nitrogens with one attached hydrogen (secondary N) is 2. The van der Waals surface area contributed by atoms with E-state index >= 15 is 0 Å². The van der Waals surface area contributed by atoms with Gasteiger partial charge in [-0.2, -0.15) is 5.10 Å². The third-order valence-electron chi connectivity index (χ3n) is 6.00. The van der Waals surface area contributed by atoms with Crippen molar-refractivity contribution in [2.24, 2.45) is 12.5 Å². The molecule has 1 aliphatic heterocycles. The lowest BCUT2D eigenvalue weighted by Gasteiger charge is -2.58. The van der Waals surface area contributed by atoms with Gasteiger partial charge in [-0.05, 0) is 12.8 Å². The van der Waals surface area contributed by atoms with Crippen LogP contribution in [0.1, 0.15) is 23.2 Å². The van der Waals surface area contributed by atoms with Crippen molar-refractivity contribution in [3.63, 3.8) is 0 Å². The Morgan fingerprint density at radius 2 is 1.94 bits per heavy atom. The summed E-state index contributed by atoms with van der Waals surface area (Å²) in [5.74, 6) is -0.590. The molecule has 3 aromatic rings. The lowest BCUT2D eigenvalue weighted by atomic mass is 9.60. The molecule has 2 N–H and O–H groups in total. The number of fused-ring (bicyclic) bond motifs is 1. The van der Waals surface area contributed by atoms with Crippen LogP contribution in [0.4, 0.5) is 23.7 Å². The monoisotopic (exact) mass is 463 g/mol. The Kier molecular flexibility index (Phi) is 4.72. The number of amides is 3. The number of imidazole rings is 1. The van der Waals surface area contributed by atoms with Crippen LogP contribution in [0.2, 0.25) is 0 Å². The molecule has 1 saturated carbocycles. The summed E-state index contributed by atoms with van der Waals surface area (Å²) >= 11 is 0. The van der Waals surface area contributed by atoms with Gasteiger partial charge in [0.05, 0.1) is 24.3 Å². The van der Waals surface area contributed by atoms with E-state index in [0.29, 0.717) is 31.5 Å². The molecule has 3 amide bonds. The first-order valence-corrected chi connectivity index (χ1v) is 10.2. The fourth-order valence-electron chi connectivity index (χ4n) is 4.65. The highest BCUT2D eigenvalue weighted by Crippen LogP contribution is 2.48. The van der Waals surface area contributed by atoms with Crippen LogP contribution in [0, 0.1) is 5.41 Å². The van der Waals surface area contributed by atoms with Crippen molar-refractivity contribution in [3.05, 3.63) is 42.6 Å². The number of aromatic nitrogens is 4. The number of halogens is 3. The molecule has 0 atom stereocenters. The summed E-state index contributed by atoms with van der Waals surface area (Å²) in [6.07, 6.45) is 3.91. The number of aryl methyl sites for hydroxylation is 1. The minimum absolute atomic E-state index is 0.0177. The minimum atomic E-state index is -4.84. The van der Waals surface area contributed by atoms with Gasteiger partial charge in [0, 0.05) is 50.1 Å². The average molecular weight is 463 g/mol. The van der Waals surface area contributed by atoms with Crippen molar-refractivity contribution >= 4 is 23.3 Å². The molecule has 2 aliphatic rings. The number of urea groups is 1. The SMILES string of the molecule is Cn1ccn2ncc(C(=O)N3CC4(CC(NC(=O)Nc5cncc(OC(F)(F)F)c5)C4)C3)c12. The molecule has 1 spiro atoms. The van der Waals surface area contributed by atoms with Crippen molar-refractivity contribution in [3.8, 4) is 5.75 Å². The number of ether oxygens (including phenoxy) is 1. The summed E-state index contributed by atoms with van der Waals surface area (Å²) in [7, 11) is 1.86. The van der Waals surface area contributed by atoms with E-state index in [2.05, 4.69) is 25.5 Å². The topological polar surface area (TPSA) is 106 Å². The van der Waals surface area contributed by atoms with Crippen molar-refractivity contribution < 1.29 is 27.5 Å². The van der Waals surface area contributed by atoms with E-state index in [0.717, 1.165) is 17.9 Å². The molecule has 3 aromatic heterocycles. The standard InChI is InChI=1S/C20H20F3N7O3/c1-28-2-3-30-16(28)15(9-25-30)17(31)29-10-19(11-29)5-13(6-19)27-18(32)26-12-4-14(8-24-7-12)33-20(21,22)23/h2-4,7-9,13H,5-6,10-11H2,1H3,(H2,26,27,32). The molecule has 174 valence electrons. The van der Waals surface area contributed by atoms with Crippen LogP contribution in [-0.4, -0.2) is 61.5 Å². The van der Waals surface area contributed by atoms with Crippen LogP contribution < -0.4 is 15.4 Å². The zero-order valence-corrected chi connectivity index (χ0v) is 17.5. The van der Waals surface area contributed by atoms with E-state index < -0.39 is 18.1 Å². The number of carbonyl (C=O) groups is 2. The molecular weight excluding hydrogens is 443 g/mol. The van der Waals surface area contributed by atoms with Crippen LogP contribution in [0.25, 0.3) is 5.65 Å². The molecule has 1 aliphatic carbocycles. The summed E-state index contributed by atoms with van der Waals surface area (Å²) in [5, 5.41) is 9.45. The summed E-state index contributed by atoms with van der Waals surface area (Å²) in [6.45, 7) is 1.21. The lowest BCUT2D eigenvalue weighted by Crippen LogP contribution is -2.67. The predicted molar refractivity (Wildman–Crippen MR) is 109 cm³/mol. The van der Waals surface area contributed by atoms with Gasteiger partial charge in [-0.1, -0.05) is 0 Å². The third kappa shape index (κ3) is 4.05. The van der Waals surface area contributed by atoms with Crippen molar-refractivity contribution in [1.29, 1.82) is 0 Å². The van der Waals surface area contributed by atoms with Crippen LogP contribution in [0.3, 0.4) is 0 Å². The molecule has 13 heteroatoms. The number of carbonyl (C=O) groups excluding carboxylic acids is 2. The molecule has 0 radical (unpaired) electrons. The number of alkyl halides is 3. The number of anilines is 1. The number of hydrogen-bond acceptors (Lipinski definition) is 5. The molecule has 4 heterocycles. The van der Waals surface area contributed by atoms with E-state index in [1.807, 2.05) is 17.8 Å². The number of likely N-dealkylation sites (tertiary alicyclic amines) is 1. The number of pyridine rings is 1. The minimum Gasteiger partial charge on any atom is -0.404 e. The highest BCUT2D eigenvalue weighted by molar-refractivity contribution is 6.00. The predicted octanol–water partition coefficient (Wildman–Crippen LogP) is 2.39. The first-order valence-electron chi connectivity index (χ1n) is 10.2. The highest BCUT2D eigenvalue weighted by atomic mass is 19.4.